The van der Waals surface area contributed by atoms with Crippen LogP contribution in [0.2, 0.25) is 0 Å². The zero-order chi connectivity index (χ0) is 32.3. The quantitative estimate of drug-likeness (QED) is 0.116. The second-order valence-electron chi connectivity index (χ2n) is 12.1. The summed E-state index contributed by atoms with van der Waals surface area (Å²) < 4.78 is 1.47. The van der Waals surface area contributed by atoms with Crippen LogP contribution in [0.3, 0.4) is 0 Å². The Kier molecular flexibility index (Phi) is 11.3. The van der Waals surface area contributed by atoms with Crippen molar-refractivity contribution in [2.45, 2.75) is 6.42 Å². The Hall–Kier alpha value is -4.53. The molecule has 9 aromatic carbocycles. The molecule has 0 fully saturated rings. The number of fused-ring (bicyclic) bond motifs is 10. The van der Waals surface area contributed by atoms with Crippen LogP contribution in [0.1, 0.15) is 22.3 Å². The molecule has 9 aromatic rings. The van der Waals surface area contributed by atoms with Gasteiger partial charge in [-0.2, -0.15) is 18.2 Å². The molecule has 10 rings (SSSR count). The van der Waals surface area contributed by atoms with Gasteiger partial charge >= 0.3 is 145 Å². The molecule has 0 radical (unpaired) electrons. The summed E-state index contributed by atoms with van der Waals surface area (Å²) in [5.74, 6) is 0. The molecule has 0 amide bonds. The first-order chi connectivity index (χ1) is 23.8. The first kappa shape index (κ1) is 35.3. The summed E-state index contributed by atoms with van der Waals surface area (Å²) in [5.41, 5.74) is 8.43. The van der Waals surface area contributed by atoms with Gasteiger partial charge in [0.15, 0.2) is 0 Å². The predicted octanol–water partition coefficient (Wildman–Crippen LogP) is 5.89. The zero-order valence-electron chi connectivity index (χ0n) is 27.3. The summed E-state index contributed by atoms with van der Waals surface area (Å²) in [6, 6.07) is 67.9. The van der Waals surface area contributed by atoms with E-state index in [4.69, 9.17) is 0 Å². The largest absolute Gasteiger partial charge is 0.214 e. The predicted molar refractivity (Wildman–Crippen MR) is 202 cm³/mol. The fourth-order valence-corrected chi connectivity index (χ4v) is 8.65. The second-order valence-corrected chi connectivity index (χ2v) is 13.9. The maximum atomic E-state index is 3.48. The van der Waals surface area contributed by atoms with Crippen molar-refractivity contribution in [2.75, 3.05) is 0 Å². The van der Waals surface area contributed by atoms with Crippen LogP contribution in [0.15, 0.2) is 182 Å². The number of rotatable bonds is 2. The van der Waals surface area contributed by atoms with Crippen LogP contribution in [-0.4, -0.2) is 3.26 Å². The number of hydrogen-bond donors (Lipinski definition) is 0. The summed E-state index contributed by atoms with van der Waals surface area (Å²) in [5, 5.41) is 10.6. The van der Waals surface area contributed by atoms with Crippen LogP contribution < -0.4 is 24.8 Å². The normalized spacial score (nSPS) is 10.9. The van der Waals surface area contributed by atoms with Crippen molar-refractivity contribution >= 4 is 46.3 Å². The van der Waals surface area contributed by atoms with E-state index >= 15 is 0 Å². The van der Waals surface area contributed by atoms with E-state index in [0.29, 0.717) is 0 Å². The Morgan fingerprint density at radius 3 is 1.64 bits per heavy atom. The van der Waals surface area contributed by atoms with Crippen LogP contribution in [0.4, 0.5) is 0 Å². The summed E-state index contributed by atoms with van der Waals surface area (Å²) in [7, 11) is 0. The van der Waals surface area contributed by atoms with Gasteiger partial charge < -0.3 is 24.8 Å². The molecule has 0 saturated carbocycles. The minimum atomic E-state index is 0. The Labute approximate surface area is 320 Å². The SMILES string of the molecule is [Cl-].[Cl-].[Hf+2]=[C](c1cccc2ccccc12)c1cccc2ccccc12.[c-]1cccc2c1c1c(c3ccccc32)-c2ccccc2C1.c1cc[cH-]c1. The van der Waals surface area contributed by atoms with Crippen molar-refractivity contribution in [3.63, 3.8) is 0 Å². The maximum Gasteiger partial charge on any atom is -0.0240 e. The number of benzene rings is 8. The van der Waals surface area contributed by atoms with E-state index in [9.17, 15) is 0 Å². The molecule has 1 aliphatic rings. The van der Waals surface area contributed by atoms with E-state index in [1.54, 1.807) is 0 Å². The monoisotopic (exact) mass is 846 g/mol. The van der Waals surface area contributed by atoms with Crippen molar-refractivity contribution in [2.24, 2.45) is 0 Å². The topological polar surface area (TPSA) is 0 Å². The van der Waals surface area contributed by atoms with Gasteiger partial charge in [0.2, 0.25) is 0 Å². The average molecular weight is 846 g/mol. The molecule has 0 spiro atoms. The molecule has 1 aliphatic carbocycles. The van der Waals surface area contributed by atoms with Crippen LogP contribution in [0.25, 0.3) is 54.2 Å². The molecule has 0 aromatic heterocycles. The van der Waals surface area contributed by atoms with E-state index in [-0.39, 0.29) is 24.8 Å². The number of hydrogen-bond acceptors (Lipinski definition) is 0. The molecular weight excluding hydrogens is 814 g/mol. The van der Waals surface area contributed by atoms with Crippen LogP contribution in [0.5, 0.6) is 0 Å². The molecule has 0 N–H and O–H groups in total. The van der Waals surface area contributed by atoms with Crippen molar-refractivity contribution < 1.29 is 48.7 Å². The van der Waals surface area contributed by atoms with E-state index < -0.39 is 0 Å². The van der Waals surface area contributed by atoms with E-state index in [2.05, 4.69) is 152 Å². The van der Waals surface area contributed by atoms with Crippen LogP contribution in [0, 0.1) is 6.07 Å². The van der Waals surface area contributed by atoms with Gasteiger partial charge in [-0.25, -0.2) is 12.1 Å². The van der Waals surface area contributed by atoms with Gasteiger partial charge in [-0.05, 0) is 28.5 Å². The van der Waals surface area contributed by atoms with Crippen molar-refractivity contribution in [3.8, 4) is 11.1 Å². The van der Waals surface area contributed by atoms with Gasteiger partial charge in [0.1, 0.15) is 0 Å². The molecular formula is C47H32Cl2Hf-2. The van der Waals surface area contributed by atoms with Crippen LogP contribution in [-0.2, 0) is 30.3 Å². The van der Waals surface area contributed by atoms with Crippen molar-refractivity contribution in [1.82, 2.24) is 0 Å². The second kappa shape index (κ2) is 16.0. The van der Waals surface area contributed by atoms with Gasteiger partial charge in [-0.1, -0.05) is 53.9 Å². The molecule has 0 saturated heterocycles. The van der Waals surface area contributed by atoms with E-state index in [0.717, 1.165) is 30.3 Å². The smallest absolute Gasteiger partial charge is 0.0240 e. The third-order valence-electron chi connectivity index (χ3n) is 9.27. The molecule has 0 atom stereocenters. The van der Waals surface area contributed by atoms with Crippen molar-refractivity contribution in [3.05, 3.63) is 210 Å². The molecule has 0 aliphatic heterocycles. The molecule has 50 heavy (non-hydrogen) atoms. The fourth-order valence-electron chi connectivity index (χ4n) is 7.08. The van der Waals surface area contributed by atoms with Crippen molar-refractivity contribution in [1.29, 1.82) is 0 Å². The van der Waals surface area contributed by atoms with Gasteiger partial charge in [0.25, 0.3) is 0 Å². The molecule has 3 heteroatoms. The third kappa shape index (κ3) is 6.79. The zero-order valence-corrected chi connectivity index (χ0v) is 32.4. The third-order valence-corrected chi connectivity index (χ3v) is 11.2. The van der Waals surface area contributed by atoms with Gasteiger partial charge in [-0.15, -0.1) is 40.6 Å². The first-order valence-electron chi connectivity index (χ1n) is 16.4. The molecule has 0 unspecified atom stereocenters. The Morgan fingerprint density at radius 2 is 1.02 bits per heavy atom. The fraction of sp³-hybridized carbons (Fsp3) is 0.0213. The molecule has 0 heterocycles. The Bertz CT molecular complexity index is 2460. The van der Waals surface area contributed by atoms with Crippen LogP contribution >= 0.6 is 0 Å². The summed E-state index contributed by atoms with van der Waals surface area (Å²) >= 11 is 1.02. The minimum absolute atomic E-state index is 0. The Balaban J connectivity index is 0.000000147. The average Bonchev–Trinajstić information content (AvgIpc) is 3.88. The molecule has 0 bridgehead atoms. The molecule has 240 valence electrons. The summed E-state index contributed by atoms with van der Waals surface area (Å²) in [6.07, 6.45) is 1.02. The minimum Gasteiger partial charge on any atom is -0.214 e. The standard InChI is InChI=1S/C21H13.C21H14.C5H5.2ClH.Hf/c1-2-8-15-14(7-1)13-20-18-11-4-3-9-16(18)17-10-5-6-12-19(17)21(15)20;1-3-13-20-16(7-1)9-5-11-18(20)15-19-12-6-10-17-8-2-4-14-21(17)19;1-2-4-5-3-1;;;/h1-10,12H,13H2;1-14H;1-5H;2*1H;/q-1;;-1;;;+2/p-2. The molecule has 0 nitrogen and oxygen atoms in total. The Morgan fingerprint density at radius 1 is 0.500 bits per heavy atom. The number of halogens is 2. The summed E-state index contributed by atoms with van der Waals surface area (Å²) in [4.78, 5) is 0. The first-order valence-corrected chi connectivity index (χ1v) is 18.2. The maximum absolute atomic E-state index is 3.48. The summed E-state index contributed by atoms with van der Waals surface area (Å²) in [6.45, 7) is 0. The van der Waals surface area contributed by atoms with Gasteiger partial charge in [0.05, 0.1) is 0 Å². The van der Waals surface area contributed by atoms with E-state index in [1.807, 2.05) is 36.4 Å². The van der Waals surface area contributed by atoms with E-state index in [1.165, 1.54) is 79.7 Å². The van der Waals surface area contributed by atoms with Gasteiger partial charge in [0, 0.05) is 0 Å². The van der Waals surface area contributed by atoms with Gasteiger partial charge in [-0.3, -0.25) is 0 Å².